The summed E-state index contributed by atoms with van der Waals surface area (Å²) in [6.07, 6.45) is -1.04. The van der Waals surface area contributed by atoms with Crippen LogP contribution in [0.2, 0.25) is 0 Å². The SMILES string of the molecule is C[C@@H](NS(=O)(=O)C1CCC1)c1cn(CC(C)(C)O)c2cc(-c3ccccc3C(F)(F)F)c(F)cc12. The minimum Gasteiger partial charge on any atom is -0.389 e. The van der Waals surface area contributed by atoms with Gasteiger partial charge in [-0.25, -0.2) is 17.5 Å². The number of alkyl halides is 3. The molecule has 1 fully saturated rings. The number of nitrogens with zero attached hydrogens (tertiary/aromatic N) is 1. The van der Waals surface area contributed by atoms with Gasteiger partial charge in [-0.1, -0.05) is 24.6 Å². The Morgan fingerprint density at radius 2 is 1.80 bits per heavy atom. The van der Waals surface area contributed by atoms with Crippen molar-refractivity contribution in [2.45, 2.75) is 69.6 Å². The molecule has 1 aliphatic carbocycles. The van der Waals surface area contributed by atoms with Crippen molar-refractivity contribution in [3.63, 3.8) is 0 Å². The summed E-state index contributed by atoms with van der Waals surface area (Å²) in [5.41, 5.74) is -1.80. The molecule has 2 aromatic carbocycles. The lowest BCUT2D eigenvalue weighted by Crippen LogP contribution is -2.39. The molecule has 1 atom stereocenters. The number of aliphatic hydroxyl groups is 1. The van der Waals surface area contributed by atoms with E-state index < -0.39 is 44.5 Å². The van der Waals surface area contributed by atoms with Gasteiger partial charge < -0.3 is 9.67 Å². The van der Waals surface area contributed by atoms with E-state index in [1.165, 1.54) is 24.3 Å². The van der Waals surface area contributed by atoms with Gasteiger partial charge in [0.25, 0.3) is 0 Å². The van der Waals surface area contributed by atoms with E-state index in [1.54, 1.807) is 31.5 Å². The van der Waals surface area contributed by atoms with Gasteiger partial charge in [-0.15, -0.1) is 0 Å². The second-order valence-electron chi connectivity index (χ2n) is 9.85. The number of halogens is 4. The summed E-state index contributed by atoms with van der Waals surface area (Å²) < 4.78 is 85.8. The predicted octanol–water partition coefficient (Wildman–Crippen LogP) is 5.77. The number of aromatic nitrogens is 1. The van der Waals surface area contributed by atoms with Gasteiger partial charge in [0.2, 0.25) is 10.0 Å². The normalized spacial score (nSPS) is 16.5. The van der Waals surface area contributed by atoms with Crippen LogP contribution in [0.4, 0.5) is 17.6 Å². The molecule has 4 rings (SSSR count). The van der Waals surface area contributed by atoms with Gasteiger partial charge in [0.15, 0.2) is 0 Å². The van der Waals surface area contributed by atoms with Crippen LogP contribution < -0.4 is 4.72 Å². The fraction of sp³-hybridized carbons (Fsp3) is 0.440. The van der Waals surface area contributed by atoms with E-state index >= 15 is 4.39 Å². The van der Waals surface area contributed by atoms with Gasteiger partial charge >= 0.3 is 6.18 Å². The van der Waals surface area contributed by atoms with Crippen LogP contribution in [-0.2, 0) is 22.7 Å². The minimum absolute atomic E-state index is 0.0670. The van der Waals surface area contributed by atoms with Crippen molar-refractivity contribution in [3.05, 3.63) is 59.5 Å². The minimum atomic E-state index is -4.67. The number of hydrogen-bond donors (Lipinski definition) is 2. The number of fused-ring (bicyclic) bond motifs is 1. The fourth-order valence-electron chi connectivity index (χ4n) is 4.49. The highest BCUT2D eigenvalue weighted by molar-refractivity contribution is 7.90. The van der Waals surface area contributed by atoms with E-state index in [2.05, 4.69) is 4.72 Å². The summed E-state index contributed by atoms with van der Waals surface area (Å²) in [4.78, 5) is 0. The Hall–Kier alpha value is -2.43. The summed E-state index contributed by atoms with van der Waals surface area (Å²) in [5.74, 6) is -0.856. The van der Waals surface area contributed by atoms with Crippen molar-refractivity contribution in [2.24, 2.45) is 0 Å². The molecule has 0 unspecified atom stereocenters. The van der Waals surface area contributed by atoms with Gasteiger partial charge in [-0.05, 0) is 62.9 Å². The fourth-order valence-corrected chi connectivity index (χ4v) is 6.26. The smallest absolute Gasteiger partial charge is 0.389 e. The first-order valence-electron chi connectivity index (χ1n) is 11.4. The Balaban J connectivity index is 1.87. The van der Waals surface area contributed by atoms with E-state index in [-0.39, 0.29) is 17.7 Å². The Morgan fingerprint density at radius 3 is 2.37 bits per heavy atom. The number of hydrogen-bond acceptors (Lipinski definition) is 3. The van der Waals surface area contributed by atoms with Crippen LogP contribution in [0.1, 0.15) is 57.2 Å². The maximum atomic E-state index is 15.3. The van der Waals surface area contributed by atoms with Crippen molar-refractivity contribution in [3.8, 4) is 11.1 Å². The monoisotopic (exact) mass is 512 g/mol. The number of sulfonamides is 1. The first kappa shape index (κ1) is 25.7. The van der Waals surface area contributed by atoms with Crippen molar-refractivity contribution in [1.29, 1.82) is 0 Å². The average molecular weight is 513 g/mol. The third kappa shape index (κ3) is 5.24. The quantitative estimate of drug-likeness (QED) is 0.395. The van der Waals surface area contributed by atoms with Crippen molar-refractivity contribution < 1.29 is 31.1 Å². The van der Waals surface area contributed by atoms with E-state index in [0.29, 0.717) is 29.3 Å². The van der Waals surface area contributed by atoms with Crippen LogP contribution in [-0.4, -0.2) is 28.9 Å². The highest BCUT2D eigenvalue weighted by Crippen LogP contribution is 2.40. The Bertz CT molecular complexity index is 1350. The molecule has 0 saturated heterocycles. The highest BCUT2D eigenvalue weighted by Gasteiger charge is 2.35. The number of nitrogens with one attached hydrogen (secondary N) is 1. The summed E-state index contributed by atoms with van der Waals surface area (Å²) in [6, 6.07) is 6.53. The Kier molecular flexibility index (Phi) is 6.53. The lowest BCUT2D eigenvalue weighted by molar-refractivity contribution is -0.137. The molecule has 1 heterocycles. The molecule has 10 heteroatoms. The van der Waals surface area contributed by atoms with Crippen LogP contribution in [0.5, 0.6) is 0 Å². The van der Waals surface area contributed by atoms with Crippen molar-refractivity contribution in [2.75, 3.05) is 0 Å². The maximum absolute atomic E-state index is 15.3. The molecule has 1 aliphatic rings. The molecule has 1 saturated carbocycles. The first-order chi connectivity index (χ1) is 16.2. The van der Waals surface area contributed by atoms with E-state index in [9.17, 15) is 26.7 Å². The zero-order valence-electron chi connectivity index (χ0n) is 19.7. The summed E-state index contributed by atoms with van der Waals surface area (Å²) in [7, 11) is -3.58. The Morgan fingerprint density at radius 1 is 1.14 bits per heavy atom. The third-order valence-electron chi connectivity index (χ3n) is 6.38. The zero-order valence-corrected chi connectivity index (χ0v) is 20.5. The van der Waals surface area contributed by atoms with Crippen LogP contribution in [0, 0.1) is 5.82 Å². The summed E-state index contributed by atoms with van der Waals surface area (Å²) in [5, 5.41) is 10.3. The van der Waals surface area contributed by atoms with E-state index in [4.69, 9.17) is 0 Å². The van der Waals surface area contributed by atoms with Crippen LogP contribution in [0.15, 0.2) is 42.6 Å². The zero-order chi connectivity index (χ0) is 25.8. The molecule has 0 bridgehead atoms. The molecule has 0 spiro atoms. The third-order valence-corrected chi connectivity index (χ3v) is 8.41. The molecule has 0 radical (unpaired) electrons. The predicted molar refractivity (Wildman–Crippen MR) is 127 cm³/mol. The van der Waals surface area contributed by atoms with E-state index in [0.717, 1.165) is 18.6 Å². The van der Waals surface area contributed by atoms with Crippen LogP contribution >= 0.6 is 0 Å². The largest absolute Gasteiger partial charge is 0.417 e. The molecule has 5 nitrogen and oxygen atoms in total. The summed E-state index contributed by atoms with van der Waals surface area (Å²) >= 11 is 0. The molecular formula is C25H28F4N2O3S. The van der Waals surface area contributed by atoms with Gasteiger partial charge in [0.1, 0.15) is 5.82 Å². The summed E-state index contributed by atoms with van der Waals surface area (Å²) in [6.45, 7) is 4.86. The molecule has 1 aromatic heterocycles. The molecule has 190 valence electrons. The van der Waals surface area contributed by atoms with E-state index in [1.807, 2.05) is 0 Å². The van der Waals surface area contributed by atoms with Crippen molar-refractivity contribution in [1.82, 2.24) is 9.29 Å². The van der Waals surface area contributed by atoms with Crippen molar-refractivity contribution >= 4 is 20.9 Å². The van der Waals surface area contributed by atoms with Gasteiger partial charge in [-0.2, -0.15) is 13.2 Å². The standard InChI is InChI=1S/C25H28F4N2O3S/c1-15(30-35(33,34)16-7-6-8-16)20-13-31(14-24(2,3)32)23-12-18(22(26)11-19(20)23)17-9-4-5-10-21(17)25(27,28)29/h4-5,9-13,15-16,30,32H,6-8,14H2,1-3H3/t15-/m1/s1. The van der Waals surface area contributed by atoms with Crippen LogP contribution in [0.25, 0.3) is 22.0 Å². The molecule has 2 N–H and O–H groups in total. The second-order valence-corrected chi connectivity index (χ2v) is 11.8. The topological polar surface area (TPSA) is 71.3 Å². The lowest BCUT2D eigenvalue weighted by atomic mass is 9.96. The Labute approximate surface area is 201 Å². The number of benzene rings is 2. The second kappa shape index (κ2) is 8.90. The number of rotatable bonds is 7. The molecule has 0 aliphatic heterocycles. The first-order valence-corrected chi connectivity index (χ1v) is 12.9. The van der Waals surface area contributed by atoms with Gasteiger partial charge in [-0.3, -0.25) is 0 Å². The average Bonchev–Trinajstić information content (AvgIpc) is 3.00. The molecule has 35 heavy (non-hydrogen) atoms. The lowest BCUT2D eigenvalue weighted by Gasteiger charge is -2.27. The highest BCUT2D eigenvalue weighted by atomic mass is 32.2. The molecule has 0 amide bonds. The van der Waals surface area contributed by atoms with Gasteiger partial charge in [0.05, 0.1) is 23.0 Å². The molecular weight excluding hydrogens is 484 g/mol. The van der Waals surface area contributed by atoms with Crippen LogP contribution in [0.3, 0.4) is 0 Å². The van der Waals surface area contributed by atoms with Gasteiger partial charge in [0, 0.05) is 28.7 Å². The maximum Gasteiger partial charge on any atom is 0.417 e. The molecule has 3 aromatic rings.